The van der Waals surface area contributed by atoms with E-state index in [-0.39, 0.29) is 12.0 Å². The lowest BCUT2D eigenvalue weighted by Gasteiger charge is -2.32. The summed E-state index contributed by atoms with van der Waals surface area (Å²) in [7, 11) is -3.37. The van der Waals surface area contributed by atoms with Gasteiger partial charge in [0.1, 0.15) is 0 Å². The monoisotopic (exact) mass is 282 g/mol. The molecule has 17 heavy (non-hydrogen) atoms. The minimum atomic E-state index is -3.37. The molecule has 1 N–H and O–H groups in total. The molecule has 0 amide bonds. The molecule has 0 radical (unpaired) electrons. The molecule has 0 aromatic carbocycles. The quantitative estimate of drug-likeness (QED) is 0.782. The molecule has 2 unspecified atom stereocenters. The lowest BCUT2D eigenvalue weighted by molar-refractivity contribution is 0.275. The summed E-state index contributed by atoms with van der Waals surface area (Å²) in [4.78, 5) is 0. The Morgan fingerprint density at radius 1 is 1.47 bits per heavy atom. The average Bonchev–Trinajstić information content (AvgIpc) is 2.25. The Kier molecular flexibility index (Phi) is 5.70. The average molecular weight is 283 g/mol. The Morgan fingerprint density at radius 3 is 2.59 bits per heavy atom. The zero-order valence-corrected chi connectivity index (χ0v) is 12.4. The van der Waals surface area contributed by atoms with Gasteiger partial charge in [0.15, 0.2) is 0 Å². The molecule has 0 aromatic rings. The molecule has 1 fully saturated rings. The normalized spacial score (nSPS) is 25.1. The molecule has 102 valence electrons. The van der Waals surface area contributed by atoms with Crippen molar-refractivity contribution in [3.63, 3.8) is 0 Å². The molecule has 1 heterocycles. The van der Waals surface area contributed by atoms with Crippen molar-refractivity contribution in [3.8, 4) is 0 Å². The van der Waals surface area contributed by atoms with E-state index in [1.54, 1.807) is 4.31 Å². The summed E-state index contributed by atoms with van der Waals surface area (Å²) in [6.45, 7) is 7.25. The molecule has 1 saturated heterocycles. The summed E-state index contributed by atoms with van der Waals surface area (Å²) < 4.78 is 28.6. The van der Waals surface area contributed by atoms with Crippen molar-refractivity contribution in [1.29, 1.82) is 0 Å². The van der Waals surface area contributed by atoms with E-state index in [1.165, 1.54) is 0 Å². The first-order chi connectivity index (χ1) is 7.86. The van der Waals surface area contributed by atoms with Crippen molar-refractivity contribution in [2.45, 2.75) is 39.7 Å². The van der Waals surface area contributed by atoms with E-state index < -0.39 is 10.2 Å². The number of hydrogen-bond acceptors (Lipinski definition) is 2. The van der Waals surface area contributed by atoms with Crippen LogP contribution >= 0.6 is 11.6 Å². The van der Waals surface area contributed by atoms with Gasteiger partial charge in [0, 0.05) is 25.0 Å². The fourth-order valence-corrected chi connectivity index (χ4v) is 4.21. The first-order valence-corrected chi connectivity index (χ1v) is 8.17. The highest BCUT2D eigenvalue weighted by molar-refractivity contribution is 7.87. The topological polar surface area (TPSA) is 49.4 Å². The van der Waals surface area contributed by atoms with Crippen molar-refractivity contribution >= 4 is 21.8 Å². The van der Waals surface area contributed by atoms with E-state index in [1.807, 2.05) is 13.8 Å². The molecule has 0 aromatic heterocycles. The van der Waals surface area contributed by atoms with Gasteiger partial charge in [-0.05, 0) is 24.7 Å². The third-order valence-electron chi connectivity index (χ3n) is 3.23. The van der Waals surface area contributed by atoms with E-state index in [2.05, 4.69) is 11.6 Å². The Bertz CT molecular complexity index is 332. The van der Waals surface area contributed by atoms with Crippen LogP contribution in [0.5, 0.6) is 0 Å². The van der Waals surface area contributed by atoms with Crippen LogP contribution in [-0.4, -0.2) is 37.7 Å². The summed E-state index contributed by atoms with van der Waals surface area (Å²) in [5, 5.41) is 0. The van der Waals surface area contributed by atoms with Crippen LogP contribution in [0, 0.1) is 11.8 Å². The van der Waals surface area contributed by atoms with E-state index in [0.717, 1.165) is 12.8 Å². The molecular weight excluding hydrogens is 260 g/mol. The summed E-state index contributed by atoms with van der Waals surface area (Å²) in [6, 6.07) is -0.195. The van der Waals surface area contributed by atoms with Crippen molar-refractivity contribution in [3.05, 3.63) is 0 Å². The maximum absolute atomic E-state index is 12.2. The fourth-order valence-electron chi connectivity index (χ4n) is 1.98. The Balaban J connectivity index is 2.67. The van der Waals surface area contributed by atoms with Crippen LogP contribution in [0.25, 0.3) is 0 Å². The lowest BCUT2D eigenvalue weighted by atomic mass is 10.0. The number of nitrogens with zero attached hydrogens (tertiary/aromatic N) is 1. The van der Waals surface area contributed by atoms with Crippen LogP contribution in [0.2, 0.25) is 0 Å². The highest BCUT2D eigenvalue weighted by Gasteiger charge is 2.29. The van der Waals surface area contributed by atoms with E-state index in [9.17, 15) is 8.42 Å². The molecule has 4 nitrogen and oxygen atoms in total. The van der Waals surface area contributed by atoms with Gasteiger partial charge in [-0.3, -0.25) is 0 Å². The number of rotatable bonds is 5. The number of nitrogens with one attached hydrogen (secondary N) is 1. The highest BCUT2D eigenvalue weighted by Crippen LogP contribution is 2.18. The Labute approximate surface area is 110 Å². The maximum atomic E-state index is 12.2. The van der Waals surface area contributed by atoms with Crippen LogP contribution in [0.3, 0.4) is 0 Å². The van der Waals surface area contributed by atoms with Crippen molar-refractivity contribution in [2.75, 3.05) is 19.0 Å². The molecule has 0 bridgehead atoms. The van der Waals surface area contributed by atoms with Crippen LogP contribution in [0.4, 0.5) is 0 Å². The van der Waals surface area contributed by atoms with Crippen LogP contribution in [-0.2, 0) is 10.2 Å². The number of hydrogen-bond donors (Lipinski definition) is 1. The summed E-state index contributed by atoms with van der Waals surface area (Å²) in [6.07, 6.45) is 2.05. The second kappa shape index (κ2) is 6.36. The fraction of sp³-hybridized carbons (Fsp3) is 1.00. The SMILES string of the molecule is CC1CCCN(S(=O)(=O)NC(CCl)C(C)C)C1. The van der Waals surface area contributed by atoms with Gasteiger partial charge in [-0.2, -0.15) is 17.4 Å². The summed E-state index contributed by atoms with van der Waals surface area (Å²) in [5.41, 5.74) is 0. The number of alkyl halides is 1. The molecule has 1 rings (SSSR count). The number of halogens is 1. The van der Waals surface area contributed by atoms with E-state index in [0.29, 0.717) is 24.9 Å². The highest BCUT2D eigenvalue weighted by atomic mass is 35.5. The second-order valence-electron chi connectivity index (χ2n) is 5.23. The van der Waals surface area contributed by atoms with Gasteiger partial charge < -0.3 is 0 Å². The molecule has 1 aliphatic rings. The smallest absolute Gasteiger partial charge is 0.198 e. The first-order valence-electron chi connectivity index (χ1n) is 6.20. The lowest BCUT2D eigenvalue weighted by Crippen LogP contribution is -2.50. The maximum Gasteiger partial charge on any atom is 0.279 e. The third-order valence-corrected chi connectivity index (χ3v) is 5.18. The van der Waals surface area contributed by atoms with Crippen molar-refractivity contribution in [2.24, 2.45) is 11.8 Å². The van der Waals surface area contributed by atoms with Crippen LogP contribution < -0.4 is 4.72 Å². The largest absolute Gasteiger partial charge is 0.279 e. The zero-order valence-electron chi connectivity index (χ0n) is 10.8. The van der Waals surface area contributed by atoms with Crippen LogP contribution in [0.1, 0.15) is 33.6 Å². The Hall–Kier alpha value is 0.160. The van der Waals surface area contributed by atoms with Crippen molar-refractivity contribution in [1.82, 2.24) is 9.03 Å². The van der Waals surface area contributed by atoms with Gasteiger partial charge in [-0.15, -0.1) is 11.6 Å². The first kappa shape index (κ1) is 15.2. The molecule has 2 atom stereocenters. The molecule has 0 saturated carbocycles. The van der Waals surface area contributed by atoms with Crippen molar-refractivity contribution < 1.29 is 8.42 Å². The van der Waals surface area contributed by atoms with Gasteiger partial charge in [-0.1, -0.05) is 20.8 Å². The molecule has 1 aliphatic heterocycles. The molecule has 0 spiro atoms. The van der Waals surface area contributed by atoms with Gasteiger partial charge in [0.25, 0.3) is 10.2 Å². The number of piperidine rings is 1. The van der Waals surface area contributed by atoms with E-state index >= 15 is 0 Å². The Morgan fingerprint density at radius 2 is 2.12 bits per heavy atom. The minimum Gasteiger partial charge on any atom is -0.198 e. The van der Waals surface area contributed by atoms with E-state index in [4.69, 9.17) is 11.6 Å². The molecule has 0 aliphatic carbocycles. The van der Waals surface area contributed by atoms with Gasteiger partial charge in [0.05, 0.1) is 0 Å². The third kappa shape index (κ3) is 4.39. The van der Waals surface area contributed by atoms with Gasteiger partial charge in [-0.25, -0.2) is 0 Å². The molecule has 6 heteroatoms. The summed E-state index contributed by atoms with van der Waals surface area (Å²) in [5.74, 6) is 0.943. The summed E-state index contributed by atoms with van der Waals surface area (Å²) >= 11 is 5.79. The zero-order chi connectivity index (χ0) is 13.1. The minimum absolute atomic E-state index is 0.195. The predicted octanol–water partition coefficient (Wildman–Crippen LogP) is 1.82. The van der Waals surface area contributed by atoms with Crippen LogP contribution in [0.15, 0.2) is 0 Å². The predicted molar refractivity (Wildman–Crippen MR) is 71.4 cm³/mol. The standard InChI is InChI=1S/C11H23ClN2O2S/c1-9(2)11(7-12)13-17(15,16)14-6-4-5-10(3)8-14/h9-11,13H,4-8H2,1-3H3. The van der Waals surface area contributed by atoms with Gasteiger partial charge >= 0.3 is 0 Å². The van der Waals surface area contributed by atoms with Gasteiger partial charge in [0.2, 0.25) is 0 Å². The molecular formula is C11H23ClN2O2S. The second-order valence-corrected chi connectivity index (χ2v) is 7.24.